The first-order valence-corrected chi connectivity index (χ1v) is 10.2. The van der Waals surface area contributed by atoms with Crippen LogP contribution in [0.15, 0.2) is 57.4 Å². The molecule has 0 aliphatic carbocycles. The van der Waals surface area contributed by atoms with Crippen LogP contribution in [-0.4, -0.2) is 15.3 Å². The van der Waals surface area contributed by atoms with Crippen molar-refractivity contribution in [2.45, 2.75) is 20.4 Å². The van der Waals surface area contributed by atoms with E-state index in [-0.39, 0.29) is 12.3 Å². The number of hydrogen-bond acceptors (Lipinski definition) is 4. The van der Waals surface area contributed by atoms with Crippen LogP contribution in [0.3, 0.4) is 0 Å². The van der Waals surface area contributed by atoms with Gasteiger partial charge in [0.15, 0.2) is 5.78 Å². The Bertz CT molecular complexity index is 1360. The molecule has 0 saturated carbocycles. The lowest BCUT2D eigenvalue weighted by molar-refractivity contribution is 0.0969. The molecule has 2 aromatic heterocycles. The van der Waals surface area contributed by atoms with E-state index in [9.17, 15) is 14.4 Å². The molecule has 0 fully saturated rings. The van der Waals surface area contributed by atoms with Crippen molar-refractivity contribution < 1.29 is 4.79 Å². The molecule has 0 saturated heterocycles. The van der Waals surface area contributed by atoms with Crippen molar-refractivity contribution in [2.24, 2.45) is 0 Å². The molecular formula is C22H17ClN2O3S. The van der Waals surface area contributed by atoms with E-state index in [4.69, 9.17) is 11.6 Å². The van der Waals surface area contributed by atoms with Crippen molar-refractivity contribution in [1.29, 1.82) is 0 Å². The van der Waals surface area contributed by atoms with Crippen molar-refractivity contribution in [3.63, 3.8) is 0 Å². The molecule has 0 unspecified atom stereocenters. The van der Waals surface area contributed by atoms with Crippen molar-refractivity contribution >= 4 is 38.9 Å². The lowest BCUT2D eigenvalue weighted by Gasteiger charge is -2.07. The predicted octanol–water partition coefficient (Wildman–Crippen LogP) is 4.57. The van der Waals surface area contributed by atoms with E-state index in [1.807, 2.05) is 37.4 Å². The number of Topliss-reactive ketones (excluding diaryl/α,β-unsaturated/α-hetero) is 1. The Kier molecular flexibility index (Phi) is 4.98. The Morgan fingerprint density at radius 2 is 1.79 bits per heavy atom. The van der Waals surface area contributed by atoms with Crippen molar-refractivity contribution in [3.8, 4) is 11.1 Å². The van der Waals surface area contributed by atoms with E-state index in [0.717, 1.165) is 21.3 Å². The summed E-state index contributed by atoms with van der Waals surface area (Å²) >= 11 is 7.24. The number of rotatable bonds is 4. The van der Waals surface area contributed by atoms with Crippen LogP contribution < -0.4 is 11.2 Å². The Hall–Kier alpha value is -2.96. The quantitative estimate of drug-likeness (QED) is 0.488. The van der Waals surface area contributed by atoms with E-state index in [2.05, 4.69) is 4.98 Å². The molecule has 1 N–H and O–H groups in total. The summed E-state index contributed by atoms with van der Waals surface area (Å²) in [5.41, 5.74) is 2.98. The molecule has 0 bridgehead atoms. The number of nitrogens with one attached hydrogen (secondary N) is 1. The first kappa shape index (κ1) is 19.4. The summed E-state index contributed by atoms with van der Waals surface area (Å²) in [6, 6.07) is 12.5. The SMILES string of the molecule is Cc1ccc(C(=O)Cn2c(=O)[nH]c3scc(-c4ccc(Cl)cc4)c3c2=O)cc1C. The maximum Gasteiger partial charge on any atom is 0.329 e. The summed E-state index contributed by atoms with van der Waals surface area (Å²) in [7, 11) is 0. The lowest BCUT2D eigenvalue weighted by Crippen LogP contribution is -2.37. The molecular weight excluding hydrogens is 408 g/mol. The van der Waals surface area contributed by atoms with Gasteiger partial charge in [0, 0.05) is 21.5 Å². The maximum absolute atomic E-state index is 13.1. The highest BCUT2D eigenvalue weighted by molar-refractivity contribution is 7.17. The third-order valence-corrected chi connectivity index (χ3v) is 6.15. The van der Waals surface area contributed by atoms with Gasteiger partial charge in [-0.2, -0.15) is 0 Å². The van der Waals surface area contributed by atoms with Crippen LogP contribution >= 0.6 is 22.9 Å². The minimum atomic E-state index is -0.593. The number of H-pyrrole nitrogens is 1. The van der Waals surface area contributed by atoms with Gasteiger partial charge in [0.25, 0.3) is 5.56 Å². The van der Waals surface area contributed by atoms with Gasteiger partial charge < -0.3 is 0 Å². The van der Waals surface area contributed by atoms with Crippen LogP contribution in [0, 0.1) is 13.8 Å². The molecule has 146 valence electrons. The van der Waals surface area contributed by atoms with Gasteiger partial charge in [-0.3, -0.25) is 19.1 Å². The molecule has 0 aliphatic heterocycles. The number of carbonyl (C=O) groups is 1. The highest BCUT2D eigenvalue weighted by Crippen LogP contribution is 2.30. The number of aryl methyl sites for hydroxylation is 2. The molecule has 0 radical (unpaired) electrons. The second kappa shape index (κ2) is 7.46. The van der Waals surface area contributed by atoms with Gasteiger partial charge in [-0.25, -0.2) is 4.79 Å². The summed E-state index contributed by atoms with van der Waals surface area (Å²) < 4.78 is 0.964. The minimum Gasteiger partial charge on any atom is -0.298 e. The van der Waals surface area contributed by atoms with Crippen molar-refractivity contribution in [3.05, 3.63) is 90.4 Å². The molecule has 7 heteroatoms. The summed E-state index contributed by atoms with van der Waals surface area (Å²) in [6.45, 7) is 3.56. The first-order valence-electron chi connectivity index (χ1n) is 8.96. The highest BCUT2D eigenvalue weighted by Gasteiger charge is 2.17. The number of aromatic nitrogens is 2. The molecule has 5 nitrogen and oxygen atoms in total. The smallest absolute Gasteiger partial charge is 0.298 e. The van der Waals surface area contributed by atoms with E-state index in [1.54, 1.807) is 24.3 Å². The monoisotopic (exact) mass is 424 g/mol. The van der Waals surface area contributed by atoms with Crippen LogP contribution in [0.5, 0.6) is 0 Å². The molecule has 0 aliphatic rings. The Morgan fingerprint density at radius 1 is 1.07 bits per heavy atom. The van der Waals surface area contributed by atoms with Gasteiger partial charge in [0.05, 0.1) is 11.9 Å². The zero-order valence-corrected chi connectivity index (χ0v) is 17.4. The molecule has 4 aromatic rings. The van der Waals surface area contributed by atoms with Crippen LogP contribution in [0.1, 0.15) is 21.5 Å². The summed E-state index contributed by atoms with van der Waals surface area (Å²) in [5, 5.41) is 2.81. The topological polar surface area (TPSA) is 71.9 Å². The fourth-order valence-electron chi connectivity index (χ4n) is 3.19. The van der Waals surface area contributed by atoms with Crippen LogP contribution in [-0.2, 0) is 6.54 Å². The average molecular weight is 425 g/mol. The maximum atomic E-state index is 13.1. The zero-order valence-electron chi connectivity index (χ0n) is 15.8. The number of halogens is 1. The van der Waals surface area contributed by atoms with E-state index in [0.29, 0.717) is 26.4 Å². The second-order valence-electron chi connectivity index (χ2n) is 6.90. The Morgan fingerprint density at radius 3 is 2.48 bits per heavy atom. The summed E-state index contributed by atoms with van der Waals surface area (Å²) in [5.74, 6) is -0.289. The third-order valence-electron chi connectivity index (χ3n) is 5.00. The number of carbonyl (C=O) groups excluding carboxylic acids is 1. The molecule has 29 heavy (non-hydrogen) atoms. The van der Waals surface area contributed by atoms with E-state index >= 15 is 0 Å². The molecule has 0 spiro atoms. The normalized spacial score (nSPS) is 11.1. The van der Waals surface area contributed by atoms with Gasteiger partial charge in [0.2, 0.25) is 0 Å². The Labute approximate surface area is 175 Å². The van der Waals surface area contributed by atoms with Gasteiger partial charge in [-0.05, 0) is 48.7 Å². The van der Waals surface area contributed by atoms with Gasteiger partial charge in [0.1, 0.15) is 4.83 Å². The molecule has 0 atom stereocenters. The standard InChI is InChI=1S/C22H17ClN2O3S/c1-12-3-4-15(9-13(12)2)18(26)10-25-21(27)19-17(11-29-20(19)24-22(25)28)14-5-7-16(23)8-6-14/h3-9,11H,10H2,1-2H3,(H,24,28). The predicted molar refractivity (Wildman–Crippen MR) is 117 cm³/mol. The molecule has 0 amide bonds. The fraction of sp³-hybridized carbons (Fsp3) is 0.136. The summed E-state index contributed by atoms with van der Waals surface area (Å²) in [4.78, 5) is 41.5. The molecule has 4 rings (SSSR count). The number of fused-ring (bicyclic) bond motifs is 1. The fourth-order valence-corrected chi connectivity index (χ4v) is 4.27. The first-order chi connectivity index (χ1) is 13.8. The van der Waals surface area contributed by atoms with Crippen LogP contribution in [0.25, 0.3) is 21.3 Å². The molecule has 2 heterocycles. The third kappa shape index (κ3) is 3.57. The van der Waals surface area contributed by atoms with Crippen molar-refractivity contribution in [1.82, 2.24) is 9.55 Å². The van der Waals surface area contributed by atoms with Crippen LogP contribution in [0.2, 0.25) is 5.02 Å². The molecule has 2 aromatic carbocycles. The number of aromatic amines is 1. The van der Waals surface area contributed by atoms with Gasteiger partial charge in [-0.1, -0.05) is 35.9 Å². The lowest BCUT2D eigenvalue weighted by atomic mass is 10.0. The number of hydrogen-bond donors (Lipinski definition) is 1. The Balaban J connectivity index is 1.80. The number of benzene rings is 2. The minimum absolute atomic E-state index is 0.289. The van der Waals surface area contributed by atoms with E-state index < -0.39 is 11.2 Å². The average Bonchev–Trinajstić information content (AvgIpc) is 3.11. The second-order valence-corrected chi connectivity index (χ2v) is 8.22. The summed E-state index contributed by atoms with van der Waals surface area (Å²) in [6.07, 6.45) is 0. The van der Waals surface area contributed by atoms with Crippen molar-refractivity contribution in [2.75, 3.05) is 0 Å². The highest BCUT2D eigenvalue weighted by atomic mass is 35.5. The van der Waals surface area contributed by atoms with Gasteiger partial charge in [-0.15, -0.1) is 11.3 Å². The zero-order chi connectivity index (χ0) is 20.7. The number of nitrogens with zero attached hydrogens (tertiary/aromatic N) is 1. The largest absolute Gasteiger partial charge is 0.329 e. The van der Waals surface area contributed by atoms with Gasteiger partial charge >= 0.3 is 5.69 Å². The van der Waals surface area contributed by atoms with Crippen LogP contribution in [0.4, 0.5) is 0 Å². The van der Waals surface area contributed by atoms with E-state index in [1.165, 1.54) is 11.3 Å². The number of thiophene rings is 1. The number of ketones is 1.